The summed E-state index contributed by atoms with van der Waals surface area (Å²) in [5.74, 6) is 0. The van der Waals surface area contributed by atoms with E-state index in [0.29, 0.717) is 5.15 Å². The molecule has 0 N–H and O–H groups in total. The Bertz CT molecular complexity index is 428. The van der Waals surface area contributed by atoms with Gasteiger partial charge in [0.05, 0.1) is 0 Å². The van der Waals surface area contributed by atoms with Crippen LogP contribution in [-0.4, -0.2) is 9.97 Å². The summed E-state index contributed by atoms with van der Waals surface area (Å²) in [6.07, 6.45) is 2.42. The van der Waals surface area contributed by atoms with Gasteiger partial charge in [-0.2, -0.15) is 0 Å². The number of hydrogen-bond acceptors (Lipinski definition) is 3. The number of halogens is 2. The first kappa shape index (κ1) is 9.90. The van der Waals surface area contributed by atoms with Crippen molar-refractivity contribution < 1.29 is 0 Å². The second-order valence-electron chi connectivity index (χ2n) is 2.71. The molecule has 2 aromatic heterocycles. The minimum absolute atomic E-state index is 0.185. The Morgan fingerprint density at radius 3 is 2.86 bits per heavy atom. The van der Waals surface area contributed by atoms with Crippen LogP contribution in [-0.2, 0) is 6.42 Å². The first-order chi connectivity index (χ1) is 6.75. The third-order valence-corrected chi connectivity index (χ3v) is 3.11. The first-order valence-corrected chi connectivity index (χ1v) is 5.58. The van der Waals surface area contributed by atoms with Crippen molar-refractivity contribution in [1.82, 2.24) is 9.97 Å². The van der Waals surface area contributed by atoms with Crippen LogP contribution in [0.1, 0.15) is 10.4 Å². The van der Waals surface area contributed by atoms with Gasteiger partial charge in [0.15, 0.2) is 0 Å². The molecule has 2 rings (SSSR count). The summed E-state index contributed by atoms with van der Waals surface area (Å²) in [4.78, 5) is 9.01. The molecule has 14 heavy (non-hydrogen) atoms. The number of aromatic nitrogens is 2. The zero-order valence-electron chi connectivity index (χ0n) is 7.08. The average molecular weight is 245 g/mol. The minimum Gasteiger partial charge on any atom is -0.226 e. The average Bonchev–Trinajstić information content (AvgIpc) is 2.62. The Morgan fingerprint density at radius 2 is 2.21 bits per heavy atom. The molecule has 2 heterocycles. The lowest BCUT2D eigenvalue weighted by Crippen LogP contribution is -1.92. The minimum atomic E-state index is 0.185. The lowest BCUT2D eigenvalue weighted by atomic mass is 10.2. The van der Waals surface area contributed by atoms with Crippen molar-refractivity contribution in [1.29, 1.82) is 0 Å². The predicted octanol–water partition coefficient (Wildman–Crippen LogP) is 3.44. The molecule has 0 radical (unpaired) electrons. The quantitative estimate of drug-likeness (QED) is 0.598. The number of rotatable bonds is 2. The fourth-order valence-electron chi connectivity index (χ4n) is 1.09. The molecular formula is C9H6Cl2N2S. The maximum atomic E-state index is 5.92. The van der Waals surface area contributed by atoms with Gasteiger partial charge in [0.25, 0.3) is 0 Å². The standard InChI is InChI=1S/C9H6Cl2N2S/c10-8-6(5-12-9(11)13-8)4-7-2-1-3-14-7/h1-3,5H,4H2. The van der Waals surface area contributed by atoms with Crippen LogP contribution in [0.3, 0.4) is 0 Å². The zero-order valence-corrected chi connectivity index (χ0v) is 9.40. The monoisotopic (exact) mass is 244 g/mol. The highest BCUT2D eigenvalue weighted by Crippen LogP contribution is 2.20. The summed E-state index contributed by atoms with van der Waals surface area (Å²) in [5, 5.41) is 2.64. The SMILES string of the molecule is Clc1ncc(Cc2cccs2)c(Cl)n1. The summed E-state index contributed by atoms with van der Waals surface area (Å²) in [7, 11) is 0. The molecule has 0 atom stereocenters. The van der Waals surface area contributed by atoms with Crippen LogP contribution < -0.4 is 0 Å². The van der Waals surface area contributed by atoms with E-state index < -0.39 is 0 Å². The smallest absolute Gasteiger partial charge is 0.223 e. The van der Waals surface area contributed by atoms with Gasteiger partial charge in [-0.05, 0) is 23.0 Å². The molecule has 72 valence electrons. The van der Waals surface area contributed by atoms with Gasteiger partial charge in [-0.25, -0.2) is 9.97 Å². The van der Waals surface area contributed by atoms with Crippen LogP contribution in [0.25, 0.3) is 0 Å². The van der Waals surface area contributed by atoms with Gasteiger partial charge < -0.3 is 0 Å². The molecule has 0 fully saturated rings. The molecular weight excluding hydrogens is 239 g/mol. The van der Waals surface area contributed by atoms with Crippen LogP contribution in [0.5, 0.6) is 0 Å². The molecule has 0 aliphatic rings. The highest BCUT2D eigenvalue weighted by Gasteiger charge is 2.05. The van der Waals surface area contributed by atoms with Crippen molar-refractivity contribution in [2.45, 2.75) is 6.42 Å². The third kappa shape index (κ3) is 2.23. The summed E-state index contributed by atoms with van der Waals surface area (Å²) in [5.41, 5.74) is 0.901. The Balaban J connectivity index is 2.25. The lowest BCUT2D eigenvalue weighted by molar-refractivity contribution is 1.08. The van der Waals surface area contributed by atoms with Crippen LogP contribution in [0.4, 0.5) is 0 Å². The zero-order chi connectivity index (χ0) is 9.97. The highest BCUT2D eigenvalue weighted by atomic mass is 35.5. The second kappa shape index (κ2) is 4.26. The van der Waals surface area contributed by atoms with E-state index >= 15 is 0 Å². The molecule has 0 aliphatic heterocycles. The Labute approximate surface area is 95.5 Å². The Kier molecular flexibility index (Phi) is 3.01. The largest absolute Gasteiger partial charge is 0.226 e. The molecule has 0 unspecified atom stereocenters. The lowest BCUT2D eigenvalue weighted by Gasteiger charge is -2.00. The van der Waals surface area contributed by atoms with Gasteiger partial charge in [-0.1, -0.05) is 17.7 Å². The van der Waals surface area contributed by atoms with Gasteiger partial charge in [-0.3, -0.25) is 0 Å². The van der Waals surface area contributed by atoms with Crippen molar-refractivity contribution in [3.8, 4) is 0 Å². The highest BCUT2D eigenvalue weighted by molar-refractivity contribution is 7.09. The molecule has 0 saturated heterocycles. The van der Waals surface area contributed by atoms with Gasteiger partial charge in [0.1, 0.15) is 5.15 Å². The van der Waals surface area contributed by atoms with E-state index in [0.717, 1.165) is 12.0 Å². The maximum absolute atomic E-state index is 5.92. The summed E-state index contributed by atoms with van der Waals surface area (Å²) in [6, 6.07) is 4.06. The van der Waals surface area contributed by atoms with E-state index in [9.17, 15) is 0 Å². The van der Waals surface area contributed by atoms with Crippen LogP contribution in [0.15, 0.2) is 23.7 Å². The molecule has 0 aliphatic carbocycles. The summed E-state index contributed by atoms with van der Waals surface area (Å²) >= 11 is 13.2. The van der Waals surface area contributed by atoms with E-state index in [2.05, 4.69) is 16.0 Å². The van der Waals surface area contributed by atoms with Gasteiger partial charge in [0.2, 0.25) is 5.28 Å². The Morgan fingerprint density at radius 1 is 1.36 bits per heavy atom. The topological polar surface area (TPSA) is 25.8 Å². The molecule has 0 aromatic carbocycles. The molecule has 2 nitrogen and oxygen atoms in total. The van der Waals surface area contributed by atoms with E-state index in [1.807, 2.05) is 11.4 Å². The van der Waals surface area contributed by atoms with Gasteiger partial charge in [-0.15, -0.1) is 11.3 Å². The molecule has 0 spiro atoms. The Hall–Kier alpha value is -0.640. The van der Waals surface area contributed by atoms with Gasteiger partial charge >= 0.3 is 0 Å². The van der Waals surface area contributed by atoms with E-state index in [4.69, 9.17) is 23.2 Å². The molecule has 2 aromatic rings. The van der Waals surface area contributed by atoms with Crippen molar-refractivity contribution in [3.05, 3.63) is 44.6 Å². The summed E-state index contributed by atoms with van der Waals surface area (Å²) < 4.78 is 0. The van der Waals surface area contributed by atoms with Crippen molar-refractivity contribution in [3.63, 3.8) is 0 Å². The van der Waals surface area contributed by atoms with Crippen molar-refractivity contribution in [2.75, 3.05) is 0 Å². The number of nitrogens with zero attached hydrogens (tertiary/aromatic N) is 2. The van der Waals surface area contributed by atoms with Crippen molar-refractivity contribution >= 4 is 34.5 Å². The molecule has 0 saturated carbocycles. The fourth-order valence-corrected chi connectivity index (χ4v) is 2.19. The van der Waals surface area contributed by atoms with Crippen LogP contribution in [0.2, 0.25) is 10.4 Å². The molecule has 0 bridgehead atoms. The normalized spacial score (nSPS) is 10.4. The first-order valence-electron chi connectivity index (χ1n) is 3.95. The predicted molar refractivity (Wildman–Crippen MR) is 59.2 cm³/mol. The van der Waals surface area contributed by atoms with Crippen LogP contribution in [0, 0.1) is 0 Å². The second-order valence-corrected chi connectivity index (χ2v) is 4.44. The molecule has 5 heteroatoms. The van der Waals surface area contributed by atoms with E-state index in [1.54, 1.807) is 17.5 Å². The number of thiophene rings is 1. The third-order valence-electron chi connectivity index (χ3n) is 1.73. The van der Waals surface area contributed by atoms with Crippen molar-refractivity contribution in [2.24, 2.45) is 0 Å². The van der Waals surface area contributed by atoms with E-state index in [-0.39, 0.29) is 5.28 Å². The summed E-state index contributed by atoms with van der Waals surface area (Å²) in [6.45, 7) is 0. The maximum Gasteiger partial charge on any atom is 0.223 e. The van der Waals surface area contributed by atoms with E-state index in [1.165, 1.54) is 4.88 Å². The van der Waals surface area contributed by atoms with Gasteiger partial charge in [0, 0.05) is 23.1 Å². The fraction of sp³-hybridized carbons (Fsp3) is 0.111. The van der Waals surface area contributed by atoms with Crippen LogP contribution >= 0.6 is 34.5 Å². The molecule has 0 amide bonds. The number of hydrogen-bond donors (Lipinski definition) is 0.